The van der Waals surface area contributed by atoms with Gasteiger partial charge in [-0.3, -0.25) is 4.79 Å². The van der Waals surface area contributed by atoms with Crippen molar-refractivity contribution in [2.45, 2.75) is 26.3 Å². The number of carbonyl (C=O) groups is 2. The number of rotatable bonds is 7. The van der Waals surface area contributed by atoms with Crippen LogP contribution in [0.15, 0.2) is 60.7 Å². The van der Waals surface area contributed by atoms with E-state index in [0.717, 1.165) is 22.4 Å². The van der Waals surface area contributed by atoms with Crippen LogP contribution in [0.4, 0.5) is 5.69 Å². The van der Waals surface area contributed by atoms with Crippen LogP contribution in [0, 0.1) is 0 Å². The summed E-state index contributed by atoms with van der Waals surface area (Å²) in [6, 6.07) is 17.7. The van der Waals surface area contributed by atoms with Crippen LogP contribution in [-0.4, -0.2) is 32.2 Å². The van der Waals surface area contributed by atoms with Crippen molar-refractivity contribution in [1.29, 1.82) is 0 Å². The average Bonchev–Trinajstić information content (AvgIpc) is 2.84. The summed E-state index contributed by atoms with van der Waals surface area (Å²) < 4.78 is 16.5. The standard InChI is InChI=1S/C27H26ClNO5/c1-4-33-23-14-19-15-25(30)29(21-12-10-20(28)11-13-21)26(22(19)16-24(23)34-5-2)17-6-8-18(9-7-17)27(31)32-3/h6-14,16,26H,4-5,15H2,1-3H3/t26-/m0/s1. The molecule has 0 saturated heterocycles. The van der Waals surface area contributed by atoms with Crippen molar-refractivity contribution in [3.05, 3.63) is 87.9 Å². The number of anilines is 1. The lowest BCUT2D eigenvalue weighted by Gasteiger charge is -2.38. The first-order chi connectivity index (χ1) is 16.5. The number of nitrogens with zero attached hydrogens (tertiary/aromatic N) is 1. The van der Waals surface area contributed by atoms with Gasteiger partial charge in [0.15, 0.2) is 11.5 Å². The topological polar surface area (TPSA) is 65.1 Å². The second kappa shape index (κ2) is 10.2. The quantitative estimate of drug-likeness (QED) is 0.412. The molecule has 0 radical (unpaired) electrons. The second-order valence-corrected chi connectivity index (χ2v) is 8.23. The van der Waals surface area contributed by atoms with Gasteiger partial charge >= 0.3 is 5.97 Å². The fraction of sp³-hybridized carbons (Fsp3) is 0.259. The summed E-state index contributed by atoms with van der Waals surface area (Å²) in [6.07, 6.45) is 0.223. The van der Waals surface area contributed by atoms with Gasteiger partial charge in [0.25, 0.3) is 0 Å². The lowest BCUT2D eigenvalue weighted by Crippen LogP contribution is -2.41. The Morgan fingerprint density at radius 3 is 2.18 bits per heavy atom. The largest absolute Gasteiger partial charge is 0.490 e. The molecule has 0 aliphatic carbocycles. The molecule has 0 spiro atoms. The molecule has 0 bridgehead atoms. The number of methoxy groups -OCH3 is 1. The van der Waals surface area contributed by atoms with Gasteiger partial charge in [-0.15, -0.1) is 0 Å². The summed E-state index contributed by atoms with van der Waals surface area (Å²) in [5.74, 6) is 0.782. The van der Waals surface area contributed by atoms with Crippen LogP contribution in [0.3, 0.4) is 0 Å². The minimum atomic E-state index is -0.431. The van der Waals surface area contributed by atoms with Gasteiger partial charge in [0, 0.05) is 10.7 Å². The smallest absolute Gasteiger partial charge is 0.337 e. The normalized spacial score (nSPS) is 15.0. The predicted octanol–water partition coefficient (Wildman–Crippen LogP) is 5.60. The van der Waals surface area contributed by atoms with Gasteiger partial charge in [-0.05, 0) is 79.1 Å². The van der Waals surface area contributed by atoms with Crippen LogP contribution in [-0.2, 0) is 16.0 Å². The SMILES string of the molecule is CCOc1cc2c(cc1OCC)[C@H](c1ccc(C(=O)OC)cc1)N(c1ccc(Cl)cc1)C(=O)C2. The highest BCUT2D eigenvalue weighted by molar-refractivity contribution is 6.30. The van der Waals surface area contributed by atoms with Gasteiger partial charge in [0.05, 0.1) is 38.3 Å². The molecule has 34 heavy (non-hydrogen) atoms. The van der Waals surface area contributed by atoms with Gasteiger partial charge in [0.2, 0.25) is 5.91 Å². The summed E-state index contributed by atoms with van der Waals surface area (Å²) in [6.45, 7) is 4.80. The minimum Gasteiger partial charge on any atom is -0.490 e. The van der Waals surface area contributed by atoms with E-state index in [4.69, 9.17) is 25.8 Å². The maximum Gasteiger partial charge on any atom is 0.337 e. The van der Waals surface area contributed by atoms with E-state index in [1.165, 1.54) is 7.11 Å². The first-order valence-corrected chi connectivity index (χ1v) is 11.5. The van der Waals surface area contributed by atoms with E-state index in [1.807, 2.05) is 50.2 Å². The van der Waals surface area contributed by atoms with E-state index >= 15 is 0 Å². The Balaban J connectivity index is 1.89. The zero-order chi connectivity index (χ0) is 24.2. The number of esters is 1. The van der Waals surface area contributed by atoms with E-state index in [-0.39, 0.29) is 12.3 Å². The Morgan fingerprint density at radius 1 is 0.971 bits per heavy atom. The monoisotopic (exact) mass is 479 g/mol. The number of hydrogen-bond donors (Lipinski definition) is 0. The molecule has 0 aromatic heterocycles. The molecular weight excluding hydrogens is 454 g/mol. The van der Waals surface area contributed by atoms with Gasteiger partial charge in [-0.1, -0.05) is 23.7 Å². The van der Waals surface area contributed by atoms with Crippen LogP contribution < -0.4 is 14.4 Å². The van der Waals surface area contributed by atoms with Crippen LogP contribution in [0.1, 0.15) is 46.9 Å². The Morgan fingerprint density at radius 2 is 1.59 bits per heavy atom. The molecular formula is C27H26ClNO5. The van der Waals surface area contributed by atoms with Crippen molar-refractivity contribution in [3.8, 4) is 11.5 Å². The number of benzene rings is 3. The Hall–Kier alpha value is -3.51. The molecule has 1 amide bonds. The number of amides is 1. The molecule has 1 aliphatic rings. The van der Waals surface area contributed by atoms with Crippen molar-refractivity contribution in [3.63, 3.8) is 0 Å². The maximum absolute atomic E-state index is 13.5. The fourth-order valence-corrected chi connectivity index (χ4v) is 4.36. The lowest BCUT2D eigenvalue weighted by molar-refractivity contribution is -0.118. The van der Waals surface area contributed by atoms with Crippen molar-refractivity contribution in [2.75, 3.05) is 25.2 Å². The van der Waals surface area contributed by atoms with Crippen LogP contribution >= 0.6 is 11.6 Å². The third-order valence-corrected chi connectivity index (χ3v) is 5.97. The Bertz CT molecular complexity index is 1190. The highest BCUT2D eigenvalue weighted by atomic mass is 35.5. The summed E-state index contributed by atoms with van der Waals surface area (Å²) in [5, 5.41) is 0.590. The molecule has 1 aliphatic heterocycles. The van der Waals surface area contributed by atoms with Crippen LogP contribution in [0.2, 0.25) is 5.02 Å². The predicted molar refractivity (Wildman–Crippen MR) is 131 cm³/mol. The molecule has 176 valence electrons. The zero-order valence-corrected chi connectivity index (χ0v) is 20.1. The molecule has 0 N–H and O–H groups in total. The van der Waals surface area contributed by atoms with Crippen molar-refractivity contribution in [2.24, 2.45) is 0 Å². The number of carbonyl (C=O) groups excluding carboxylic acids is 2. The first-order valence-electron chi connectivity index (χ1n) is 11.1. The molecule has 0 fully saturated rings. The fourth-order valence-electron chi connectivity index (χ4n) is 4.24. The lowest BCUT2D eigenvalue weighted by atomic mass is 9.86. The van der Waals surface area contributed by atoms with Gasteiger partial charge in [0.1, 0.15) is 0 Å². The minimum absolute atomic E-state index is 0.0523. The van der Waals surface area contributed by atoms with Crippen LogP contribution in [0.25, 0.3) is 0 Å². The summed E-state index contributed by atoms with van der Waals surface area (Å²) >= 11 is 6.11. The first kappa shape index (κ1) is 23.6. The van der Waals surface area contributed by atoms with E-state index in [9.17, 15) is 9.59 Å². The number of halogens is 1. The Labute approximate surface area is 204 Å². The third-order valence-electron chi connectivity index (χ3n) is 5.72. The van der Waals surface area contributed by atoms with Gasteiger partial charge in [-0.2, -0.15) is 0 Å². The molecule has 4 rings (SSSR count). The van der Waals surface area contributed by atoms with Crippen molar-refractivity contribution >= 4 is 29.2 Å². The maximum atomic E-state index is 13.5. The zero-order valence-electron chi connectivity index (χ0n) is 19.3. The highest BCUT2D eigenvalue weighted by Gasteiger charge is 2.36. The number of fused-ring (bicyclic) bond motifs is 1. The molecule has 6 nitrogen and oxygen atoms in total. The molecule has 1 heterocycles. The highest BCUT2D eigenvalue weighted by Crippen LogP contribution is 2.43. The van der Waals surface area contributed by atoms with E-state index in [0.29, 0.717) is 35.3 Å². The van der Waals surface area contributed by atoms with E-state index < -0.39 is 12.0 Å². The molecule has 3 aromatic carbocycles. The van der Waals surface area contributed by atoms with Crippen LogP contribution in [0.5, 0.6) is 11.5 Å². The van der Waals surface area contributed by atoms with E-state index in [1.54, 1.807) is 29.2 Å². The second-order valence-electron chi connectivity index (χ2n) is 7.80. The molecule has 0 saturated carbocycles. The summed E-state index contributed by atoms with van der Waals surface area (Å²) in [4.78, 5) is 27.2. The summed E-state index contributed by atoms with van der Waals surface area (Å²) in [7, 11) is 1.35. The Kier molecular flexibility index (Phi) is 7.08. The van der Waals surface area contributed by atoms with Gasteiger partial charge < -0.3 is 19.1 Å². The average molecular weight is 480 g/mol. The molecule has 3 aromatic rings. The number of hydrogen-bond acceptors (Lipinski definition) is 5. The van der Waals surface area contributed by atoms with Crippen molar-refractivity contribution in [1.82, 2.24) is 0 Å². The molecule has 7 heteroatoms. The van der Waals surface area contributed by atoms with Gasteiger partial charge in [-0.25, -0.2) is 4.79 Å². The number of ether oxygens (including phenoxy) is 3. The third kappa shape index (κ3) is 4.59. The molecule has 0 unspecified atom stereocenters. The molecule has 1 atom stereocenters. The van der Waals surface area contributed by atoms with Crippen molar-refractivity contribution < 1.29 is 23.8 Å². The summed E-state index contributed by atoms with van der Waals surface area (Å²) in [5.41, 5.74) is 3.84. The van der Waals surface area contributed by atoms with E-state index in [2.05, 4.69) is 0 Å².